The first kappa shape index (κ1) is 11.2. The number of aromatic nitrogens is 1. The summed E-state index contributed by atoms with van der Waals surface area (Å²) in [5, 5.41) is 8.74. The molecule has 0 amide bonds. The number of carboxylic acid groups (broad SMARTS) is 1. The molecule has 0 aliphatic rings. The van der Waals surface area contributed by atoms with Gasteiger partial charge in [-0.15, -0.1) is 0 Å². The summed E-state index contributed by atoms with van der Waals surface area (Å²) in [7, 11) is 0. The van der Waals surface area contributed by atoms with E-state index in [-0.39, 0.29) is 11.3 Å². The standard InChI is InChI=1S/C12H7F2NO2/c13-9-4-2-1-3-7(9)11-5-8(12(16)17)10(14)6-15-11/h1-6H,(H,16,17). The van der Waals surface area contributed by atoms with Crippen molar-refractivity contribution in [1.82, 2.24) is 4.98 Å². The second-order valence-electron chi connectivity index (χ2n) is 3.33. The molecule has 3 nitrogen and oxygen atoms in total. The monoisotopic (exact) mass is 235 g/mol. The van der Waals surface area contributed by atoms with Gasteiger partial charge in [0, 0.05) is 5.56 Å². The van der Waals surface area contributed by atoms with Crippen molar-refractivity contribution in [3.05, 3.63) is 53.7 Å². The summed E-state index contributed by atoms with van der Waals surface area (Å²) >= 11 is 0. The van der Waals surface area contributed by atoms with Gasteiger partial charge in [0.15, 0.2) is 5.82 Å². The molecule has 0 bridgehead atoms. The predicted octanol–water partition coefficient (Wildman–Crippen LogP) is 2.73. The Balaban J connectivity index is 2.58. The molecule has 0 radical (unpaired) electrons. The number of aromatic carboxylic acids is 1. The van der Waals surface area contributed by atoms with Gasteiger partial charge in [0.2, 0.25) is 0 Å². The van der Waals surface area contributed by atoms with E-state index in [4.69, 9.17) is 5.11 Å². The molecular formula is C12H7F2NO2. The Hall–Kier alpha value is -2.30. The van der Waals surface area contributed by atoms with Gasteiger partial charge >= 0.3 is 5.97 Å². The molecule has 2 rings (SSSR count). The quantitative estimate of drug-likeness (QED) is 0.870. The molecule has 0 aliphatic carbocycles. The predicted molar refractivity (Wildman–Crippen MR) is 56.5 cm³/mol. The van der Waals surface area contributed by atoms with E-state index >= 15 is 0 Å². The van der Waals surface area contributed by atoms with Crippen molar-refractivity contribution in [2.75, 3.05) is 0 Å². The van der Waals surface area contributed by atoms with Gasteiger partial charge in [0.05, 0.1) is 17.5 Å². The van der Waals surface area contributed by atoms with Gasteiger partial charge in [0.25, 0.3) is 0 Å². The minimum atomic E-state index is -1.41. The summed E-state index contributed by atoms with van der Waals surface area (Å²) in [6.07, 6.45) is 0.769. The third kappa shape index (κ3) is 2.13. The highest BCUT2D eigenvalue weighted by Gasteiger charge is 2.14. The van der Waals surface area contributed by atoms with Crippen LogP contribution in [0.3, 0.4) is 0 Å². The van der Waals surface area contributed by atoms with Crippen molar-refractivity contribution in [3.63, 3.8) is 0 Å². The van der Waals surface area contributed by atoms with Crippen molar-refractivity contribution in [2.45, 2.75) is 0 Å². The number of carbonyl (C=O) groups is 1. The lowest BCUT2D eigenvalue weighted by Crippen LogP contribution is -2.02. The molecule has 0 saturated heterocycles. The molecule has 0 aliphatic heterocycles. The first-order valence-electron chi connectivity index (χ1n) is 4.73. The van der Waals surface area contributed by atoms with E-state index in [0.29, 0.717) is 0 Å². The summed E-state index contributed by atoms with van der Waals surface area (Å²) in [4.78, 5) is 14.4. The zero-order valence-corrected chi connectivity index (χ0v) is 8.52. The number of carboxylic acids is 1. The highest BCUT2D eigenvalue weighted by Crippen LogP contribution is 2.22. The fourth-order valence-corrected chi connectivity index (χ4v) is 1.42. The number of rotatable bonds is 2. The molecular weight excluding hydrogens is 228 g/mol. The molecule has 0 atom stereocenters. The van der Waals surface area contributed by atoms with Gasteiger partial charge in [-0.3, -0.25) is 4.98 Å². The third-order valence-electron chi connectivity index (χ3n) is 2.24. The first-order valence-corrected chi connectivity index (χ1v) is 4.73. The maximum atomic E-state index is 13.4. The van der Waals surface area contributed by atoms with E-state index in [1.165, 1.54) is 18.2 Å². The maximum Gasteiger partial charge on any atom is 0.338 e. The van der Waals surface area contributed by atoms with Gasteiger partial charge in [-0.2, -0.15) is 0 Å². The Bertz CT molecular complexity index is 584. The summed E-state index contributed by atoms with van der Waals surface area (Å²) in [6, 6.07) is 6.77. The molecule has 0 unspecified atom stereocenters. The van der Waals surface area contributed by atoms with Crippen molar-refractivity contribution >= 4 is 5.97 Å². The second kappa shape index (κ2) is 4.29. The Morgan fingerprint density at radius 1 is 1.18 bits per heavy atom. The van der Waals surface area contributed by atoms with Gasteiger partial charge in [-0.05, 0) is 18.2 Å². The zero-order chi connectivity index (χ0) is 12.4. The van der Waals surface area contributed by atoms with E-state index in [2.05, 4.69) is 4.98 Å². The Labute approximate surface area is 95.4 Å². The van der Waals surface area contributed by atoms with Crippen molar-refractivity contribution in [1.29, 1.82) is 0 Å². The van der Waals surface area contributed by atoms with E-state index in [9.17, 15) is 13.6 Å². The van der Waals surface area contributed by atoms with Crippen LogP contribution in [0.5, 0.6) is 0 Å². The fourth-order valence-electron chi connectivity index (χ4n) is 1.42. The number of hydrogen-bond donors (Lipinski definition) is 1. The first-order chi connectivity index (χ1) is 8.09. The molecule has 2 aromatic rings. The van der Waals surface area contributed by atoms with Crippen molar-refractivity contribution in [3.8, 4) is 11.3 Å². The van der Waals surface area contributed by atoms with Crippen LogP contribution >= 0.6 is 0 Å². The normalized spacial score (nSPS) is 10.2. The maximum absolute atomic E-state index is 13.4. The minimum Gasteiger partial charge on any atom is -0.478 e. The van der Waals surface area contributed by atoms with Gasteiger partial charge < -0.3 is 5.11 Å². The van der Waals surface area contributed by atoms with Gasteiger partial charge in [0.1, 0.15) is 5.82 Å². The van der Waals surface area contributed by atoms with Crippen LogP contribution in [-0.4, -0.2) is 16.1 Å². The van der Waals surface area contributed by atoms with Crippen LogP contribution in [0.1, 0.15) is 10.4 Å². The molecule has 17 heavy (non-hydrogen) atoms. The van der Waals surface area contributed by atoms with E-state index in [0.717, 1.165) is 12.3 Å². The van der Waals surface area contributed by atoms with Crippen LogP contribution in [0.25, 0.3) is 11.3 Å². The van der Waals surface area contributed by atoms with E-state index in [1.54, 1.807) is 6.07 Å². The summed E-state index contributed by atoms with van der Waals surface area (Å²) < 4.78 is 26.5. The van der Waals surface area contributed by atoms with Crippen LogP contribution in [0, 0.1) is 11.6 Å². The number of nitrogens with zero attached hydrogens (tertiary/aromatic N) is 1. The van der Waals surface area contributed by atoms with Crippen LogP contribution in [-0.2, 0) is 0 Å². The largest absolute Gasteiger partial charge is 0.478 e. The average Bonchev–Trinajstić information content (AvgIpc) is 2.30. The van der Waals surface area contributed by atoms with E-state index < -0.39 is 23.2 Å². The topological polar surface area (TPSA) is 50.2 Å². The molecule has 0 saturated carbocycles. The highest BCUT2D eigenvalue weighted by atomic mass is 19.1. The molecule has 1 heterocycles. The number of hydrogen-bond acceptors (Lipinski definition) is 2. The number of halogens is 2. The SMILES string of the molecule is O=C(O)c1cc(-c2ccccc2F)ncc1F. The van der Waals surface area contributed by atoms with Crippen LogP contribution in [0.15, 0.2) is 36.5 Å². The number of pyridine rings is 1. The number of benzene rings is 1. The molecule has 0 fully saturated rings. The van der Waals surface area contributed by atoms with E-state index in [1.807, 2.05) is 0 Å². The molecule has 1 aromatic carbocycles. The van der Waals surface area contributed by atoms with Crippen molar-refractivity contribution in [2.24, 2.45) is 0 Å². The Morgan fingerprint density at radius 3 is 2.53 bits per heavy atom. The fraction of sp³-hybridized carbons (Fsp3) is 0. The lowest BCUT2D eigenvalue weighted by molar-refractivity contribution is 0.0691. The summed E-state index contributed by atoms with van der Waals surface area (Å²) in [5.74, 6) is -2.90. The lowest BCUT2D eigenvalue weighted by Gasteiger charge is -2.04. The highest BCUT2D eigenvalue weighted by molar-refractivity contribution is 5.89. The smallest absolute Gasteiger partial charge is 0.338 e. The lowest BCUT2D eigenvalue weighted by atomic mass is 10.1. The molecule has 0 spiro atoms. The average molecular weight is 235 g/mol. The minimum absolute atomic E-state index is 0.0851. The molecule has 5 heteroatoms. The van der Waals surface area contributed by atoms with Gasteiger partial charge in [-0.1, -0.05) is 12.1 Å². The van der Waals surface area contributed by atoms with Gasteiger partial charge in [-0.25, -0.2) is 13.6 Å². The third-order valence-corrected chi connectivity index (χ3v) is 2.24. The van der Waals surface area contributed by atoms with Crippen LogP contribution in [0.4, 0.5) is 8.78 Å². The molecule has 86 valence electrons. The van der Waals surface area contributed by atoms with Crippen LogP contribution < -0.4 is 0 Å². The molecule has 1 aromatic heterocycles. The summed E-state index contributed by atoms with van der Waals surface area (Å²) in [5.41, 5.74) is -0.310. The Morgan fingerprint density at radius 2 is 1.88 bits per heavy atom. The summed E-state index contributed by atoms with van der Waals surface area (Å²) in [6.45, 7) is 0. The van der Waals surface area contributed by atoms with Crippen LogP contribution in [0.2, 0.25) is 0 Å². The molecule has 1 N–H and O–H groups in total. The zero-order valence-electron chi connectivity index (χ0n) is 8.52. The van der Waals surface area contributed by atoms with Crippen molar-refractivity contribution < 1.29 is 18.7 Å². The second-order valence-corrected chi connectivity index (χ2v) is 3.33. The Kier molecular flexibility index (Phi) is 2.82.